The molecule has 0 aliphatic heterocycles. The Morgan fingerprint density at radius 2 is 2.24 bits per heavy atom. The zero-order chi connectivity index (χ0) is 12.7. The summed E-state index contributed by atoms with van der Waals surface area (Å²) in [6.45, 7) is -1.16. The summed E-state index contributed by atoms with van der Waals surface area (Å²) in [5, 5.41) is 11.4. The summed E-state index contributed by atoms with van der Waals surface area (Å²) in [5.74, 6) is 0.598. The van der Waals surface area contributed by atoms with Gasteiger partial charge in [-0.3, -0.25) is 0 Å². The number of hydrogen-bond acceptors (Lipinski definition) is 4. The molecule has 0 aromatic carbocycles. The molecule has 1 rings (SSSR count). The van der Waals surface area contributed by atoms with Crippen LogP contribution in [0.5, 0.6) is 0 Å². The summed E-state index contributed by atoms with van der Waals surface area (Å²) in [4.78, 5) is 0. The molecule has 0 amide bonds. The highest BCUT2D eigenvalue weighted by molar-refractivity contribution is 4.96. The molecule has 0 saturated carbocycles. The largest absolute Gasteiger partial charge is 0.467 e. The number of nitrogens with one attached hydrogen (secondary N) is 1. The van der Waals surface area contributed by atoms with E-state index in [0.717, 1.165) is 0 Å². The summed E-state index contributed by atoms with van der Waals surface area (Å²) in [5.41, 5.74) is 0. The second-order valence-electron chi connectivity index (χ2n) is 3.49. The van der Waals surface area contributed by atoms with Gasteiger partial charge in [-0.25, -0.2) is 0 Å². The van der Waals surface area contributed by atoms with Gasteiger partial charge in [0, 0.05) is 6.54 Å². The van der Waals surface area contributed by atoms with E-state index in [1.807, 2.05) is 0 Å². The molecule has 98 valence electrons. The van der Waals surface area contributed by atoms with Gasteiger partial charge >= 0.3 is 6.18 Å². The molecule has 1 heterocycles. The van der Waals surface area contributed by atoms with Crippen molar-refractivity contribution < 1.29 is 27.4 Å². The molecule has 1 atom stereocenters. The Morgan fingerprint density at radius 1 is 1.47 bits per heavy atom. The van der Waals surface area contributed by atoms with Crippen molar-refractivity contribution in [2.75, 3.05) is 19.7 Å². The fourth-order valence-electron chi connectivity index (χ4n) is 1.13. The van der Waals surface area contributed by atoms with Gasteiger partial charge in [0.25, 0.3) is 0 Å². The maximum absolute atomic E-state index is 11.8. The van der Waals surface area contributed by atoms with Crippen LogP contribution in [-0.4, -0.2) is 37.1 Å². The van der Waals surface area contributed by atoms with Gasteiger partial charge in [0.2, 0.25) is 0 Å². The van der Waals surface area contributed by atoms with Crippen LogP contribution in [0.2, 0.25) is 0 Å². The Morgan fingerprint density at radius 3 is 2.82 bits per heavy atom. The Labute approximate surface area is 96.4 Å². The highest BCUT2D eigenvalue weighted by Gasteiger charge is 2.26. The molecule has 0 aliphatic rings. The molecule has 0 radical (unpaired) electrons. The monoisotopic (exact) mass is 253 g/mol. The lowest BCUT2D eigenvalue weighted by atomic mass is 10.3. The summed E-state index contributed by atoms with van der Waals surface area (Å²) in [7, 11) is 0. The second kappa shape index (κ2) is 6.63. The molecule has 0 bridgehead atoms. The standard InChI is InChI=1S/C10H14F3NO3/c11-10(12,13)7-14-4-8(15)5-16-6-9-2-1-3-17-9/h1-3,8,14-15H,4-7H2. The van der Waals surface area contributed by atoms with Gasteiger partial charge < -0.3 is 19.6 Å². The normalized spacial score (nSPS) is 13.9. The zero-order valence-electron chi connectivity index (χ0n) is 9.04. The van der Waals surface area contributed by atoms with Crippen molar-refractivity contribution in [2.45, 2.75) is 18.9 Å². The van der Waals surface area contributed by atoms with Crippen LogP contribution >= 0.6 is 0 Å². The van der Waals surface area contributed by atoms with E-state index in [2.05, 4.69) is 5.32 Å². The van der Waals surface area contributed by atoms with Gasteiger partial charge in [-0.15, -0.1) is 0 Å². The van der Waals surface area contributed by atoms with Crippen LogP contribution < -0.4 is 5.32 Å². The minimum absolute atomic E-state index is 0.0500. The first-order valence-corrected chi connectivity index (χ1v) is 5.03. The first-order valence-electron chi connectivity index (χ1n) is 5.03. The van der Waals surface area contributed by atoms with Crippen molar-refractivity contribution in [3.05, 3.63) is 24.2 Å². The molecular formula is C10H14F3NO3. The van der Waals surface area contributed by atoms with Crippen molar-refractivity contribution in [1.82, 2.24) is 5.32 Å². The number of hydrogen-bond donors (Lipinski definition) is 2. The highest BCUT2D eigenvalue weighted by Crippen LogP contribution is 2.12. The summed E-state index contributed by atoms with van der Waals surface area (Å²) in [6, 6.07) is 3.40. The number of ether oxygens (including phenoxy) is 1. The van der Waals surface area contributed by atoms with Gasteiger partial charge in [-0.05, 0) is 12.1 Å². The third kappa shape index (κ3) is 6.98. The quantitative estimate of drug-likeness (QED) is 0.769. The molecule has 17 heavy (non-hydrogen) atoms. The lowest BCUT2D eigenvalue weighted by Gasteiger charge is -2.13. The van der Waals surface area contributed by atoms with Gasteiger partial charge in [0.1, 0.15) is 12.4 Å². The number of furan rings is 1. The number of alkyl halides is 3. The van der Waals surface area contributed by atoms with Crippen LogP contribution in [-0.2, 0) is 11.3 Å². The summed E-state index contributed by atoms with van der Waals surface area (Å²) in [6.07, 6.45) is -3.76. The number of halogens is 3. The predicted molar refractivity (Wildman–Crippen MR) is 53.3 cm³/mol. The Hall–Kier alpha value is -1.05. The van der Waals surface area contributed by atoms with Crippen molar-refractivity contribution in [2.24, 2.45) is 0 Å². The maximum atomic E-state index is 11.8. The van der Waals surface area contributed by atoms with Crippen LogP contribution in [0.4, 0.5) is 13.2 Å². The third-order valence-electron chi connectivity index (χ3n) is 1.84. The van der Waals surface area contributed by atoms with Crippen LogP contribution in [0.3, 0.4) is 0 Å². The maximum Gasteiger partial charge on any atom is 0.401 e. The highest BCUT2D eigenvalue weighted by atomic mass is 19.4. The number of aliphatic hydroxyl groups is 1. The van der Waals surface area contributed by atoms with Crippen molar-refractivity contribution in [3.63, 3.8) is 0 Å². The van der Waals surface area contributed by atoms with E-state index in [9.17, 15) is 18.3 Å². The van der Waals surface area contributed by atoms with E-state index in [4.69, 9.17) is 9.15 Å². The van der Waals surface area contributed by atoms with Crippen LogP contribution in [0.25, 0.3) is 0 Å². The smallest absolute Gasteiger partial charge is 0.401 e. The Balaban J connectivity index is 2.03. The fourth-order valence-corrected chi connectivity index (χ4v) is 1.13. The molecule has 1 aromatic rings. The SMILES string of the molecule is OC(CNCC(F)(F)F)COCc1ccco1. The van der Waals surface area contributed by atoms with Crippen LogP contribution in [0.15, 0.2) is 22.8 Å². The van der Waals surface area contributed by atoms with Crippen LogP contribution in [0.1, 0.15) is 5.76 Å². The average molecular weight is 253 g/mol. The second-order valence-corrected chi connectivity index (χ2v) is 3.49. The molecule has 1 unspecified atom stereocenters. The van der Waals surface area contributed by atoms with Gasteiger partial charge in [-0.1, -0.05) is 0 Å². The number of aliphatic hydroxyl groups excluding tert-OH is 1. The van der Waals surface area contributed by atoms with Crippen molar-refractivity contribution in [1.29, 1.82) is 0 Å². The minimum Gasteiger partial charge on any atom is -0.467 e. The summed E-state index contributed by atoms with van der Waals surface area (Å²) < 4.78 is 45.3. The molecule has 0 aliphatic carbocycles. The molecule has 4 nitrogen and oxygen atoms in total. The first kappa shape index (κ1) is 14.0. The predicted octanol–water partition coefficient (Wildman–Crippen LogP) is 1.31. The van der Waals surface area contributed by atoms with E-state index < -0.39 is 18.8 Å². The Bertz CT molecular complexity index is 300. The molecule has 0 fully saturated rings. The number of rotatable bonds is 7. The molecule has 7 heteroatoms. The third-order valence-corrected chi connectivity index (χ3v) is 1.84. The van der Waals surface area contributed by atoms with Crippen molar-refractivity contribution in [3.8, 4) is 0 Å². The first-order chi connectivity index (χ1) is 7.97. The van der Waals surface area contributed by atoms with E-state index >= 15 is 0 Å². The fraction of sp³-hybridized carbons (Fsp3) is 0.600. The lowest BCUT2D eigenvalue weighted by molar-refractivity contribution is -0.125. The van der Waals surface area contributed by atoms with Crippen molar-refractivity contribution >= 4 is 0 Å². The van der Waals surface area contributed by atoms with Crippen LogP contribution in [0, 0.1) is 0 Å². The molecule has 0 saturated heterocycles. The topological polar surface area (TPSA) is 54.6 Å². The molecule has 0 spiro atoms. The van der Waals surface area contributed by atoms with E-state index in [1.54, 1.807) is 12.1 Å². The summed E-state index contributed by atoms with van der Waals surface area (Å²) >= 11 is 0. The van der Waals surface area contributed by atoms with Gasteiger partial charge in [0.15, 0.2) is 0 Å². The Kier molecular flexibility index (Phi) is 5.46. The van der Waals surface area contributed by atoms with E-state index in [-0.39, 0.29) is 19.8 Å². The van der Waals surface area contributed by atoms with E-state index in [1.165, 1.54) is 6.26 Å². The molecule has 1 aromatic heterocycles. The van der Waals surface area contributed by atoms with Gasteiger partial charge in [-0.2, -0.15) is 13.2 Å². The van der Waals surface area contributed by atoms with Gasteiger partial charge in [0.05, 0.1) is 25.5 Å². The van der Waals surface area contributed by atoms with E-state index in [0.29, 0.717) is 5.76 Å². The molecular weight excluding hydrogens is 239 g/mol. The zero-order valence-corrected chi connectivity index (χ0v) is 9.04. The average Bonchev–Trinajstić information content (AvgIpc) is 2.68. The molecule has 2 N–H and O–H groups in total. The minimum atomic E-state index is -4.27. The lowest BCUT2D eigenvalue weighted by Crippen LogP contribution is -2.36.